The summed E-state index contributed by atoms with van der Waals surface area (Å²) in [4.78, 5) is 10.7. The van der Waals surface area contributed by atoms with Gasteiger partial charge in [-0.2, -0.15) is 0 Å². The zero-order valence-corrected chi connectivity index (χ0v) is 6.67. The normalized spacial score (nSPS) is 37.9. The maximum Gasteiger partial charge on any atom is 0.338 e. The number of rotatable bonds is 2. The summed E-state index contributed by atoms with van der Waals surface area (Å²) >= 11 is 0. The molecule has 1 aliphatic heterocycles. The van der Waals surface area contributed by atoms with Crippen LogP contribution in [-0.2, 0) is 9.53 Å². The van der Waals surface area contributed by atoms with E-state index in [1.165, 1.54) is 0 Å². The van der Waals surface area contributed by atoms with Gasteiger partial charge in [0.25, 0.3) is 0 Å². The van der Waals surface area contributed by atoms with Gasteiger partial charge in [0.1, 0.15) is 14.0 Å². The van der Waals surface area contributed by atoms with Gasteiger partial charge in [-0.1, -0.05) is 6.32 Å². The molecule has 5 nitrogen and oxygen atoms in total. The summed E-state index contributed by atoms with van der Waals surface area (Å²) in [5.74, 6) is -0.875. The Bertz CT molecular complexity index is 185. The van der Waals surface area contributed by atoms with Gasteiger partial charge in [0.15, 0.2) is 12.2 Å². The SMILES string of the molecule is BCC(O)C1OC(=O)C(O)C1O. The van der Waals surface area contributed by atoms with Gasteiger partial charge in [-0.15, -0.1) is 0 Å². The van der Waals surface area contributed by atoms with Gasteiger partial charge in [0, 0.05) is 0 Å². The molecule has 0 aromatic rings. The van der Waals surface area contributed by atoms with Crippen LogP contribution in [0.2, 0.25) is 6.32 Å². The molecule has 1 aliphatic rings. The standard InChI is InChI=1S/C6H11BO5/c7-1-2(8)5-3(9)4(10)6(11)12-5/h2-5,8-10H,1,7H2. The number of ether oxygens (including phenoxy) is 1. The highest BCUT2D eigenvalue weighted by atomic mass is 16.6. The zero-order chi connectivity index (χ0) is 9.30. The van der Waals surface area contributed by atoms with Crippen LogP contribution in [0.5, 0.6) is 0 Å². The molecule has 1 saturated heterocycles. The van der Waals surface area contributed by atoms with E-state index in [0.717, 1.165) is 0 Å². The van der Waals surface area contributed by atoms with Gasteiger partial charge in [-0.05, 0) is 0 Å². The smallest absolute Gasteiger partial charge is 0.338 e. The van der Waals surface area contributed by atoms with E-state index in [4.69, 9.17) is 5.11 Å². The molecule has 12 heavy (non-hydrogen) atoms. The predicted molar refractivity (Wildman–Crippen MR) is 41.3 cm³/mol. The topological polar surface area (TPSA) is 87.0 Å². The Labute approximate surface area is 70.4 Å². The van der Waals surface area contributed by atoms with Gasteiger partial charge < -0.3 is 20.1 Å². The third kappa shape index (κ3) is 1.45. The molecule has 68 valence electrons. The van der Waals surface area contributed by atoms with Crippen molar-refractivity contribution in [2.75, 3.05) is 0 Å². The summed E-state index contributed by atoms with van der Waals surface area (Å²) in [6, 6.07) is 0. The molecule has 0 radical (unpaired) electrons. The molecule has 0 spiro atoms. The van der Waals surface area contributed by atoms with Crippen LogP contribution >= 0.6 is 0 Å². The lowest BCUT2D eigenvalue weighted by Gasteiger charge is -2.18. The van der Waals surface area contributed by atoms with E-state index < -0.39 is 30.4 Å². The third-order valence-electron chi connectivity index (χ3n) is 1.95. The van der Waals surface area contributed by atoms with Crippen LogP contribution in [0.1, 0.15) is 0 Å². The van der Waals surface area contributed by atoms with Crippen molar-refractivity contribution < 1.29 is 24.9 Å². The number of carbonyl (C=O) groups excluding carboxylic acids is 1. The van der Waals surface area contributed by atoms with Gasteiger partial charge >= 0.3 is 5.97 Å². The fraction of sp³-hybridized carbons (Fsp3) is 0.833. The van der Waals surface area contributed by atoms with E-state index >= 15 is 0 Å². The Morgan fingerprint density at radius 2 is 2.17 bits per heavy atom. The molecule has 1 heterocycles. The Morgan fingerprint density at radius 3 is 2.50 bits per heavy atom. The molecular formula is C6H11BO5. The largest absolute Gasteiger partial charge is 0.455 e. The van der Waals surface area contributed by atoms with Crippen LogP contribution in [0.25, 0.3) is 0 Å². The third-order valence-corrected chi connectivity index (χ3v) is 1.95. The molecule has 1 rings (SSSR count). The Hall–Kier alpha value is -0.585. The van der Waals surface area contributed by atoms with Gasteiger partial charge in [-0.3, -0.25) is 0 Å². The summed E-state index contributed by atoms with van der Waals surface area (Å²) in [5.41, 5.74) is 0. The second kappa shape index (κ2) is 3.43. The highest BCUT2D eigenvalue weighted by molar-refractivity contribution is 6.08. The van der Waals surface area contributed by atoms with Crippen molar-refractivity contribution in [3.05, 3.63) is 0 Å². The lowest BCUT2D eigenvalue weighted by Crippen LogP contribution is -2.38. The molecule has 0 amide bonds. The highest BCUT2D eigenvalue weighted by Gasteiger charge is 2.45. The molecule has 0 saturated carbocycles. The lowest BCUT2D eigenvalue weighted by molar-refractivity contribution is -0.150. The average molecular weight is 174 g/mol. The highest BCUT2D eigenvalue weighted by Crippen LogP contribution is 2.19. The maximum absolute atomic E-state index is 10.7. The molecule has 0 aromatic heterocycles. The summed E-state index contributed by atoms with van der Waals surface area (Å²) in [7, 11) is 1.69. The van der Waals surface area contributed by atoms with E-state index in [0.29, 0.717) is 6.32 Å². The lowest BCUT2D eigenvalue weighted by atomic mass is 9.93. The first kappa shape index (κ1) is 9.50. The van der Waals surface area contributed by atoms with Crippen molar-refractivity contribution in [1.82, 2.24) is 0 Å². The van der Waals surface area contributed by atoms with E-state index in [1.807, 2.05) is 0 Å². The predicted octanol–water partition coefficient (Wildman–Crippen LogP) is -2.95. The Morgan fingerprint density at radius 1 is 1.58 bits per heavy atom. The minimum absolute atomic E-state index is 0.363. The number of aliphatic hydroxyl groups excluding tert-OH is 3. The number of carbonyl (C=O) groups is 1. The van der Waals surface area contributed by atoms with E-state index in [-0.39, 0.29) is 0 Å². The minimum Gasteiger partial charge on any atom is -0.455 e. The monoisotopic (exact) mass is 174 g/mol. The van der Waals surface area contributed by atoms with Gasteiger partial charge in [0.2, 0.25) is 0 Å². The second-order valence-corrected chi connectivity index (χ2v) is 2.81. The second-order valence-electron chi connectivity index (χ2n) is 2.81. The first-order chi connectivity index (χ1) is 5.57. The van der Waals surface area contributed by atoms with Crippen LogP contribution < -0.4 is 0 Å². The summed E-state index contributed by atoms with van der Waals surface area (Å²) in [6.45, 7) is 0. The number of hydrogen-bond acceptors (Lipinski definition) is 5. The summed E-state index contributed by atoms with van der Waals surface area (Å²) in [5, 5.41) is 27.3. The molecule has 0 aliphatic carbocycles. The number of aliphatic hydroxyl groups is 3. The number of esters is 1. The Balaban J connectivity index is 2.64. The molecule has 1 fully saturated rings. The molecule has 0 bridgehead atoms. The van der Waals surface area contributed by atoms with Crippen molar-refractivity contribution in [1.29, 1.82) is 0 Å². The van der Waals surface area contributed by atoms with E-state index in [1.54, 1.807) is 7.85 Å². The molecule has 4 atom stereocenters. The molecule has 3 N–H and O–H groups in total. The molecular weight excluding hydrogens is 163 g/mol. The molecule has 0 aromatic carbocycles. The Kier molecular flexibility index (Phi) is 2.71. The van der Waals surface area contributed by atoms with Crippen LogP contribution in [0.4, 0.5) is 0 Å². The average Bonchev–Trinajstić information content (AvgIpc) is 2.32. The summed E-state index contributed by atoms with van der Waals surface area (Å²) in [6.07, 6.45) is -4.37. The minimum atomic E-state index is -1.52. The van der Waals surface area contributed by atoms with Crippen molar-refractivity contribution in [2.24, 2.45) is 0 Å². The number of hydrogen-bond donors (Lipinski definition) is 3. The fourth-order valence-corrected chi connectivity index (χ4v) is 1.13. The van der Waals surface area contributed by atoms with Crippen molar-refractivity contribution in [3.8, 4) is 0 Å². The molecule has 6 heteroatoms. The van der Waals surface area contributed by atoms with E-state index in [9.17, 15) is 15.0 Å². The van der Waals surface area contributed by atoms with Crippen molar-refractivity contribution in [3.63, 3.8) is 0 Å². The summed E-state index contributed by atoms with van der Waals surface area (Å²) < 4.78 is 4.55. The zero-order valence-electron chi connectivity index (χ0n) is 6.67. The molecule has 4 unspecified atom stereocenters. The maximum atomic E-state index is 10.7. The number of cyclic esters (lactones) is 1. The van der Waals surface area contributed by atoms with Crippen LogP contribution in [0, 0.1) is 0 Å². The quantitative estimate of drug-likeness (QED) is 0.307. The van der Waals surface area contributed by atoms with Crippen molar-refractivity contribution in [2.45, 2.75) is 30.7 Å². The van der Waals surface area contributed by atoms with E-state index in [2.05, 4.69) is 4.74 Å². The van der Waals surface area contributed by atoms with Crippen LogP contribution in [0.15, 0.2) is 0 Å². The van der Waals surface area contributed by atoms with Gasteiger partial charge in [-0.25, -0.2) is 4.79 Å². The van der Waals surface area contributed by atoms with Gasteiger partial charge in [0.05, 0.1) is 6.10 Å². The first-order valence-corrected chi connectivity index (χ1v) is 3.82. The van der Waals surface area contributed by atoms with Crippen molar-refractivity contribution >= 4 is 13.8 Å². The first-order valence-electron chi connectivity index (χ1n) is 3.82. The fourth-order valence-electron chi connectivity index (χ4n) is 1.13. The van der Waals surface area contributed by atoms with Crippen LogP contribution in [-0.4, -0.2) is 53.6 Å². The van der Waals surface area contributed by atoms with Crippen LogP contribution in [0.3, 0.4) is 0 Å².